The number of nitrogens with one attached hydrogen (secondary N) is 1. The summed E-state index contributed by atoms with van der Waals surface area (Å²) in [6, 6.07) is 17.7. The molecule has 2 aromatic heterocycles. The highest BCUT2D eigenvalue weighted by Crippen LogP contribution is 2.29. The van der Waals surface area contributed by atoms with Crippen LogP contribution in [0.15, 0.2) is 66.9 Å². The average Bonchev–Trinajstić information content (AvgIpc) is 2.98. The fourth-order valence-corrected chi connectivity index (χ4v) is 3.15. The van der Waals surface area contributed by atoms with Gasteiger partial charge in [-0.05, 0) is 42.3 Å². The number of aromatic nitrogens is 3. The zero-order valence-corrected chi connectivity index (χ0v) is 14.7. The van der Waals surface area contributed by atoms with Crippen LogP contribution in [0.25, 0.3) is 22.2 Å². The SMILES string of the molecule is Cc1nn(CC(=O)Nc2cccc(F)c2)c2nccc(-c3ccccc3)c12. The molecule has 0 fully saturated rings. The largest absolute Gasteiger partial charge is 0.324 e. The minimum atomic E-state index is -0.401. The third-order valence-electron chi connectivity index (χ3n) is 4.29. The van der Waals surface area contributed by atoms with Gasteiger partial charge in [0, 0.05) is 17.3 Å². The number of fused-ring (bicyclic) bond motifs is 1. The van der Waals surface area contributed by atoms with Crippen molar-refractivity contribution in [2.24, 2.45) is 0 Å². The van der Waals surface area contributed by atoms with Gasteiger partial charge in [0.05, 0.1) is 5.69 Å². The predicted octanol–water partition coefficient (Wildman–Crippen LogP) is 4.18. The van der Waals surface area contributed by atoms with Crippen LogP contribution >= 0.6 is 0 Å². The molecular weight excluding hydrogens is 343 g/mol. The van der Waals surface area contributed by atoms with Crippen molar-refractivity contribution in [3.05, 3.63) is 78.4 Å². The Hall–Kier alpha value is -3.54. The van der Waals surface area contributed by atoms with Crippen molar-refractivity contribution in [2.75, 3.05) is 5.32 Å². The number of carbonyl (C=O) groups excluding carboxylic acids is 1. The van der Waals surface area contributed by atoms with E-state index in [4.69, 9.17) is 0 Å². The first-order valence-corrected chi connectivity index (χ1v) is 8.55. The zero-order chi connectivity index (χ0) is 18.8. The van der Waals surface area contributed by atoms with Gasteiger partial charge in [-0.1, -0.05) is 36.4 Å². The van der Waals surface area contributed by atoms with Crippen LogP contribution in [0.3, 0.4) is 0 Å². The maximum Gasteiger partial charge on any atom is 0.246 e. The smallest absolute Gasteiger partial charge is 0.246 e. The number of benzene rings is 2. The fourth-order valence-electron chi connectivity index (χ4n) is 3.15. The Bertz CT molecular complexity index is 1120. The second kappa shape index (κ2) is 6.99. The van der Waals surface area contributed by atoms with Crippen LogP contribution in [0.2, 0.25) is 0 Å². The maximum atomic E-state index is 13.3. The lowest BCUT2D eigenvalue weighted by Crippen LogP contribution is -2.19. The third kappa shape index (κ3) is 3.42. The molecule has 0 spiro atoms. The summed E-state index contributed by atoms with van der Waals surface area (Å²) in [5.41, 5.74) is 3.94. The molecule has 0 atom stereocenters. The van der Waals surface area contributed by atoms with Crippen molar-refractivity contribution < 1.29 is 9.18 Å². The molecule has 0 saturated carbocycles. The Labute approximate surface area is 155 Å². The predicted molar refractivity (Wildman–Crippen MR) is 103 cm³/mol. The number of nitrogens with zero attached hydrogens (tertiary/aromatic N) is 3. The van der Waals surface area contributed by atoms with Gasteiger partial charge >= 0.3 is 0 Å². The van der Waals surface area contributed by atoms with Gasteiger partial charge < -0.3 is 5.32 Å². The number of aryl methyl sites for hydroxylation is 1. The number of pyridine rings is 1. The van der Waals surface area contributed by atoms with Crippen molar-refractivity contribution >= 4 is 22.6 Å². The Morgan fingerprint density at radius 2 is 1.93 bits per heavy atom. The van der Waals surface area contributed by atoms with E-state index >= 15 is 0 Å². The van der Waals surface area contributed by atoms with Crippen LogP contribution < -0.4 is 5.32 Å². The maximum absolute atomic E-state index is 13.3. The van der Waals surface area contributed by atoms with Crippen LogP contribution in [0.5, 0.6) is 0 Å². The molecule has 2 aromatic carbocycles. The van der Waals surface area contributed by atoms with Gasteiger partial charge in [0.25, 0.3) is 0 Å². The van der Waals surface area contributed by atoms with Crippen molar-refractivity contribution in [2.45, 2.75) is 13.5 Å². The number of carbonyl (C=O) groups is 1. The summed E-state index contributed by atoms with van der Waals surface area (Å²) in [6.45, 7) is 1.89. The summed E-state index contributed by atoms with van der Waals surface area (Å²) >= 11 is 0. The summed E-state index contributed by atoms with van der Waals surface area (Å²) in [6.07, 6.45) is 1.72. The molecule has 4 aromatic rings. The number of halogens is 1. The summed E-state index contributed by atoms with van der Waals surface area (Å²) in [7, 11) is 0. The fraction of sp³-hybridized carbons (Fsp3) is 0.0952. The molecule has 0 aliphatic carbocycles. The second-order valence-corrected chi connectivity index (χ2v) is 6.22. The van der Waals surface area contributed by atoms with Gasteiger partial charge in [0.15, 0.2) is 5.65 Å². The molecule has 0 aliphatic heterocycles. The van der Waals surface area contributed by atoms with Gasteiger partial charge in [-0.3, -0.25) is 4.79 Å². The number of hydrogen-bond donors (Lipinski definition) is 1. The lowest BCUT2D eigenvalue weighted by molar-refractivity contribution is -0.116. The summed E-state index contributed by atoms with van der Waals surface area (Å²) in [5, 5.41) is 8.10. The van der Waals surface area contributed by atoms with E-state index in [1.165, 1.54) is 12.1 Å². The Kier molecular flexibility index (Phi) is 4.38. The van der Waals surface area contributed by atoms with E-state index in [1.54, 1.807) is 23.0 Å². The molecule has 0 aliphatic rings. The van der Waals surface area contributed by atoms with Crippen LogP contribution in [-0.2, 0) is 11.3 Å². The standard InChI is InChI=1S/C21H17FN4O/c1-14-20-18(15-6-3-2-4-7-15)10-11-23-21(20)26(25-14)13-19(27)24-17-9-5-8-16(22)12-17/h2-12H,13H2,1H3,(H,24,27). The lowest BCUT2D eigenvalue weighted by atomic mass is 10.0. The van der Waals surface area contributed by atoms with Crippen LogP contribution in [0.1, 0.15) is 5.69 Å². The Morgan fingerprint density at radius 1 is 1.11 bits per heavy atom. The van der Waals surface area contributed by atoms with E-state index in [9.17, 15) is 9.18 Å². The minimum Gasteiger partial charge on any atom is -0.324 e. The molecule has 1 N–H and O–H groups in total. The highest BCUT2D eigenvalue weighted by atomic mass is 19.1. The topological polar surface area (TPSA) is 59.8 Å². The second-order valence-electron chi connectivity index (χ2n) is 6.22. The Balaban J connectivity index is 1.66. The first-order chi connectivity index (χ1) is 13.1. The number of hydrogen-bond acceptors (Lipinski definition) is 3. The summed E-state index contributed by atoms with van der Waals surface area (Å²) < 4.78 is 14.9. The van der Waals surface area contributed by atoms with Gasteiger partial charge in [-0.25, -0.2) is 14.1 Å². The number of anilines is 1. The van der Waals surface area contributed by atoms with E-state index in [2.05, 4.69) is 15.4 Å². The molecule has 134 valence electrons. The van der Waals surface area contributed by atoms with Crippen LogP contribution in [-0.4, -0.2) is 20.7 Å². The lowest BCUT2D eigenvalue weighted by Gasteiger charge is -2.07. The minimum absolute atomic E-state index is 0.00784. The van der Waals surface area contributed by atoms with E-state index in [0.29, 0.717) is 11.3 Å². The third-order valence-corrected chi connectivity index (χ3v) is 4.29. The van der Waals surface area contributed by atoms with Crippen LogP contribution in [0, 0.1) is 12.7 Å². The first kappa shape index (κ1) is 16.9. The quantitative estimate of drug-likeness (QED) is 0.594. The molecule has 2 heterocycles. The van der Waals surface area contributed by atoms with E-state index in [0.717, 1.165) is 22.2 Å². The normalized spacial score (nSPS) is 10.9. The molecule has 0 bridgehead atoms. The molecule has 0 saturated heterocycles. The van der Waals surface area contributed by atoms with Crippen LogP contribution in [0.4, 0.5) is 10.1 Å². The zero-order valence-electron chi connectivity index (χ0n) is 14.7. The summed E-state index contributed by atoms with van der Waals surface area (Å²) in [4.78, 5) is 16.8. The van der Waals surface area contributed by atoms with E-state index in [1.807, 2.05) is 43.3 Å². The van der Waals surface area contributed by atoms with Crippen molar-refractivity contribution in [3.63, 3.8) is 0 Å². The average molecular weight is 360 g/mol. The molecule has 5 nitrogen and oxygen atoms in total. The van der Waals surface area contributed by atoms with Gasteiger partial charge in [-0.2, -0.15) is 5.10 Å². The van der Waals surface area contributed by atoms with E-state index in [-0.39, 0.29) is 12.5 Å². The molecule has 4 rings (SSSR count). The molecule has 27 heavy (non-hydrogen) atoms. The Morgan fingerprint density at radius 3 is 2.70 bits per heavy atom. The monoisotopic (exact) mass is 360 g/mol. The van der Waals surface area contributed by atoms with Crippen molar-refractivity contribution in [1.29, 1.82) is 0 Å². The molecular formula is C21H17FN4O. The molecule has 6 heteroatoms. The van der Waals surface area contributed by atoms with E-state index < -0.39 is 5.82 Å². The van der Waals surface area contributed by atoms with Crippen molar-refractivity contribution in [1.82, 2.24) is 14.8 Å². The molecule has 0 radical (unpaired) electrons. The number of amides is 1. The summed E-state index contributed by atoms with van der Waals surface area (Å²) in [5.74, 6) is -0.695. The van der Waals surface area contributed by atoms with Gasteiger partial charge in [-0.15, -0.1) is 0 Å². The van der Waals surface area contributed by atoms with Gasteiger partial charge in [0.2, 0.25) is 5.91 Å². The van der Waals surface area contributed by atoms with Crippen molar-refractivity contribution in [3.8, 4) is 11.1 Å². The highest BCUT2D eigenvalue weighted by molar-refractivity contribution is 5.96. The molecule has 0 unspecified atom stereocenters. The first-order valence-electron chi connectivity index (χ1n) is 8.55. The van der Waals surface area contributed by atoms with Gasteiger partial charge in [0.1, 0.15) is 12.4 Å². The highest BCUT2D eigenvalue weighted by Gasteiger charge is 2.16. The number of rotatable bonds is 4. The molecule has 1 amide bonds.